The predicted molar refractivity (Wildman–Crippen MR) is 102 cm³/mol. The summed E-state index contributed by atoms with van der Waals surface area (Å²) in [5, 5.41) is 0. The molecule has 1 aliphatic rings. The van der Waals surface area contributed by atoms with Gasteiger partial charge in [-0.2, -0.15) is 0 Å². The molecule has 0 atom stereocenters. The van der Waals surface area contributed by atoms with E-state index in [2.05, 4.69) is 9.71 Å². The molecule has 1 aliphatic heterocycles. The minimum Gasteiger partial charge on any atom is -0.280 e. The maximum absolute atomic E-state index is 13.9. The Balaban J connectivity index is 1.70. The highest BCUT2D eigenvalue weighted by Gasteiger charge is 2.37. The van der Waals surface area contributed by atoms with Gasteiger partial charge in [0.15, 0.2) is 0 Å². The first-order valence-electron chi connectivity index (χ1n) is 8.64. The van der Waals surface area contributed by atoms with Crippen molar-refractivity contribution < 1.29 is 26.8 Å². The molecule has 0 saturated carbocycles. The number of pyridine rings is 1. The molecular weight excluding hydrogens is 416 g/mol. The molecule has 3 aromatic rings. The van der Waals surface area contributed by atoms with Crippen LogP contribution in [-0.4, -0.2) is 30.1 Å². The zero-order valence-electron chi connectivity index (χ0n) is 15.2. The second-order valence-electron chi connectivity index (χ2n) is 6.46. The summed E-state index contributed by atoms with van der Waals surface area (Å²) in [5.41, 5.74) is 0.0174. The molecule has 0 radical (unpaired) electrons. The van der Waals surface area contributed by atoms with Crippen LogP contribution in [0.1, 0.15) is 26.4 Å². The van der Waals surface area contributed by atoms with Crippen LogP contribution in [-0.2, 0) is 16.6 Å². The van der Waals surface area contributed by atoms with E-state index in [0.29, 0.717) is 0 Å². The molecule has 2 heterocycles. The average molecular weight is 429 g/mol. The lowest BCUT2D eigenvalue weighted by Crippen LogP contribution is -2.30. The average Bonchev–Trinajstić information content (AvgIpc) is 2.94. The molecule has 0 bridgehead atoms. The number of carbonyl (C=O) groups is 2. The molecule has 0 spiro atoms. The number of carbonyl (C=O) groups excluding carboxylic acids is 2. The normalized spacial score (nSPS) is 13.5. The highest BCUT2D eigenvalue weighted by atomic mass is 32.2. The van der Waals surface area contributed by atoms with Crippen LogP contribution in [0.4, 0.5) is 14.5 Å². The first-order chi connectivity index (χ1) is 14.3. The minimum atomic E-state index is -4.35. The summed E-state index contributed by atoms with van der Waals surface area (Å²) in [7, 11) is -4.35. The summed E-state index contributed by atoms with van der Waals surface area (Å²) in [4.78, 5) is 29.3. The van der Waals surface area contributed by atoms with Crippen molar-refractivity contribution in [3.63, 3.8) is 0 Å². The Morgan fingerprint density at radius 2 is 1.70 bits per heavy atom. The molecule has 30 heavy (non-hydrogen) atoms. The number of fused-ring (bicyclic) bond motifs is 1. The summed E-state index contributed by atoms with van der Waals surface area (Å²) >= 11 is 0. The molecule has 152 valence electrons. The number of anilines is 1. The Labute approximate surface area is 170 Å². The van der Waals surface area contributed by atoms with Gasteiger partial charge in [0.05, 0.1) is 22.7 Å². The number of rotatable bonds is 5. The standard InChI is InChI=1S/C20H13F2N3O4S/c21-13-3-1-4-15(9-13)24-30(28,29)17-10-14(22)7-6-12(17)11-25-19(26)16-5-2-8-23-18(16)20(25)27/h1-10,24H,11H2. The number of sulfonamides is 1. The predicted octanol–water partition coefficient (Wildman–Crippen LogP) is 2.96. The number of amides is 2. The van der Waals surface area contributed by atoms with Gasteiger partial charge in [-0.15, -0.1) is 0 Å². The van der Waals surface area contributed by atoms with Crippen molar-refractivity contribution in [2.24, 2.45) is 0 Å². The monoisotopic (exact) mass is 429 g/mol. The lowest BCUT2D eigenvalue weighted by Gasteiger charge is -2.17. The molecule has 4 rings (SSSR count). The van der Waals surface area contributed by atoms with Gasteiger partial charge >= 0.3 is 0 Å². The number of nitrogens with zero attached hydrogens (tertiary/aromatic N) is 2. The van der Waals surface area contributed by atoms with Crippen molar-refractivity contribution in [1.29, 1.82) is 0 Å². The lowest BCUT2D eigenvalue weighted by molar-refractivity contribution is 0.0639. The second kappa shape index (κ2) is 7.30. The molecule has 10 heteroatoms. The molecule has 2 aromatic carbocycles. The van der Waals surface area contributed by atoms with E-state index in [1.54, 1.807) is 0 Å². The van der Waals surface area contributed by atoms with Crippen LogP contribution < -0.4 is 4.72 Å². The minimum absolute atomic E-state index is 0.00908. The molecule has 7 nitrogen and oxygen atoms in total. The lowest BCUT2D eigenvalue weighted by atomic mass is 10.2. The van der Waals surface area contributed by atoms with Gasteiger partial charge in [0.25, 0.3) is 21.8 Å². The highest BCUT2D eigenvalue weighted by Crippen LogP contribution is 2.27. The van der Waals surface area contributed by atoms with E-state index in [0.717, 1.165) is 29.2 Å². The van der Waals surface area contributed by atoms with Gasteiger partial charge in [0.2, 0.25) is 0 Å². The summed E-state index contributed by atoms with van der Waals surface area (Å²) in [6.07, 6.45) is 1.37. The smallest absolute Gasteiger partial charge is 0.280 e. The number of benzene rings is 2. The first kappa shape index (κ1) is 19.6. The van der Waals surface area contributed by atoms with E-state index < -0.39 is 44.9 Å². The summed E-state index contributed by atoms with van der Waals surface area (Å²) in [6.45, 7) is -0.409. The quantitative estimate of drug-likeness (QED) is 0.629. The van der Waals surface area contributed by atoms with Crippen LogP contribution in [0.2, 0.25) is 0 Å². The zero-order chi connectivity index (χ0) is 21.5. The first-order valence-corrected chi connectivity index (χ1v) is 10.1. The molecule has 0 fully saturated rings. The third-order valence-corrected chi connectivity index (χ3v) is 5.92. The van der Waals surface area contributed by atoms with Crippen LogP contribution >= 0.6 is 0 Å². The van der Waals surface area contributed by atoms with Crippen LogP contribution in [0.5, 0.6) is 0 Å². The molecule has 0 aliphatic carbocycles. The van der Waals surface area contributed by atoms with Crippen molar-refractivity contribution in [3.8, 4) is 0 Å². The number of aromatic nitrogens is 1. The van der Waals surface area contributed by atoms with Crippen molar-refractivity contribution >= 4 is 27.5 Å². The number of hydrogen-bond acceptors (Lipinski definition) is 5. The Bertz CT molecular complexity index is 1260. The maximum atomic E-state index is 13.9. The van der Waals surface area contributed by atoms with E-state index in [-0.39, 0.29) is 22.5 Å². The molecule has 1 N–H and O–H groups in total. The number of nitrogens with one attached hydrogen (secondary N) is 1. The topological polar surface area (TPSA) is 96.4 Å². The summed E-state index contributed by atoms with van der Waals surface area (Å²) in [6, 6.07) is 10.7. The third kappa shape index (κ3) is 3.52. The second-order valence-corrected chi connectivity index (χ2v) is 8.11. The molecular formula is C20H13F2N3O4S. The van der Waals surface area contributed by atoms with Crippen molar-refractivity contribution in [2.45, 2.75) is 11.4 Å². The van der Waals surface area contributed by atoms with Crippen LogP contribution in [0, 0.1) is 11.6 Å². The van der Waals surface area contributed by atoms with E-state index >= 15 is 0 Å². The van der Waals surface area contributed by atoms with Crippen LogP contribution in [0.25, 0.3) is 0 Å². The largest absolute Gasteiger partial charge is 0.280 e. The van der Waals surface area contributed by atoms with E-state index in [4.69, 9.17) is 0 Å². The summed E-state index contributed by atoms with van der Waals surface area (Å²) in [5.74, 6) is -2.80. The van der Waals surface area contributed by atoms with Crippen LogP contribution in [0.3, 0.4) is 0 Å². The van der Waals surface area contributed by atoms with Gasteiger partial charge in [-0.3, -0.25) is 24.2 Å². The number of halogens is 2. The fourth-order valence-corrected chi connectivity index (χ4v) is 4.39. The SMILES string of the molecule is O=C1c2cccnc2C(=O)N1Cc1ccc(F)cc1S(=O)(=O)Nc1cccc(F)c1. The van der Waals surface area contributed by atoms with Crippen molar-refractivity contribution in [2.75, 3.05) is 4.72 Å². The van der Waals surface area contributed by atoms with Gasteiger partial charge in [0.1, 0.15) is 17.3 Å². The third-order valence-electron chi connectivity index (χ3n) is 4.46. The molecule has 0 unspecified atom stereocenters. The fourth-order valence-electron chi connectivity index (χ4n) is 3.10. The Morgan fingerprint density at radius 3 is 2.43 bits per heavy atom. The van der Waals surface area contributed by atoms with Crippen molar-refractivity contribution in [1.82, 2.24) is 9.88 Å². The summed E-state index contributed by atoms with van der Waals surface area (Å²) < 4.78 is 55.1. The highest BCUT2D eigenvalue weighted by molar-refractivity contribution is 7.92. The van der Waals surface area contributed by atoms with Crippen molar-refractivity contribution in [3.05, 3.63) is 89.2 Å². The van der Waals surface area contributed by atoms with E-state index in [1.807, 2.05) is 0 Å². The van der Waals surface area contributed by atoms with Gasteiger partial charge in [-0.05, 0) is 48.0 Å². The maximum Gasteiger partial charge on any atom is 0.280 e. The van der Waals surface area contributed by atoms with E-state index in [9.17, 15) is 26.8 Å². The Morgan fingerprint density at radius 1 is 0.933 bits per heavy atom. The molecule has 1 aromatic heterocycles. The number of imide groups is 1. The van der Waals surface area contributed by atoms with Gasteiger partial charge < -0.3 is 0 Å². The Kier molecular flexibility index (Phi) is 4.78. The van der Waals surface area contributed by atoms with Gasteiger partial charge in [0, 0.05) is 6.20 Å². The number of hydrogen-bond donors (Lipinski definition) is 1. The Hall–Kier alpha value is -3.66. The molecule has 0 saturated heterocycles. The van der Waals surface area contributed by atoms with Crippen LogP contribution in [0.15, 0.2) is 65.7 Å². The zero-order valence-corrected chi connectivity index (χ0v) is 16.0. The molecule has 2 amide bonds. The fraction of sp³-hybridized carbons (Fsp3) is 0.0500. The van der Waals surface area contributed by atoms with E-state index in [1.165, 1.54) is 36.5 Å². The van der Waals surface area contributed by atoms with Gasteiger partial charge in [-0.1, -0.05) is 12.1 Å². The van der Waals surface area contributed by atoms with Gasteiger partial charge in [-0.25, -0.2) is 17.2 Å².